The first-order valence-electron chi connectivity index (χ1n) is 12.5. The van der Waals surface area contributed by atoms with Gasteiger partial charge in [-0.15, -0.1) is 13.2 Å². The summed E-state index contributed by atoms with van der Waals surface area (Å²) in [5.74, 6) is 3.09. The van der Waals surface area contributed by atoms with E-state index in [0.717, 1.165) is 44.6 Å². The first-order valence-corrected chi connectivity index (χ1v) is 12.5. The van der Waals surface area contributed by atoms with Crippen molar-refractivity contribution in [2.75, 3.05) is 13.4 Å². The van der Waals surface area contributed by atoms with Crippen LogP contribution < -0.4 is 0 Å². The Morgan fingerprint density at radius 1 is 0.767 bits per heavy atom. The van der Waals surface area contributed by atoms with Gasteiger partial charge in [0.15, 0.2) is 0 Å². The summed E-state index contributed by atoms with van der Waals surface area (Å²) in [5.41, 5.74) is 0. The van der Waals surface area contributed by atoms with Gasteiger partial charge < -0.3 is 9.47 Å². The van der Waals surface area contributed by atoms with Crippen molar-refractivity contribution in [1.82, 2.24) is 0 Å². The zero-order valence-corrected chi connectivity index (χ0v) is 18.9. The van der Waals surface area contributed by atoms with Gasteiger partial charge in [-0.25, -0.2) is 4.89 Å². The normalized spacial score (nSPS) is 36.2. The molecule has 4 heteroatoms. The van der Waals surface area contributed by atoms with Gasteiger partial charge in [-0.1, -0.05) is 25.0 Å². The molecule has 0 heterocycles. The topological polar surface area (TPSA) is 47.9 Å². The molecule has 0 aromatic rings. The van der Waals surface area contributed by atoms with Crippen molar-refractivity contribution in [2.45, 2.75) is 95.7 Å². The number of allylic oxidation sites excluding steroid dienone is 2. The highest BCUT2D eigenvalue weighted by Crippen LogP contribution is 2.40. The average Bonchev–Trinajstić information content (AvgIpc) is 2.81. The SMILES string of the molecule is C=CC1CCC(OCOCCC2CCC(C(OO)C3CCC(C=C)CC3)CC2)CC1. The number of hydrogen-bond acceptors (Lipinski definition) is 4. The molecule has 3 aliphatic carbocycles. The van der Waals surface area contributed by atoms with E-state index >= 15 is 0 Å². The summed E-state index contributed by atoms with van der Waals surface area (Å²) in [7, 11) is 0. The van der Waals surface area contributed by atoms with Gasteiger partial charge in [-0.2, -0.15) is 0 Å². The lowest BCUT2D eigenvalue weighted by atomic mass is 9.71. The molecule has 0 aromatic heterocycles. The summed E-state index contributed by atoms with van der Waals surface area (Å²) in [6.07, 6.45) is 19.8. The molecule has 0 saturated heterocycles. The van der Waals surface area contributed by atoms with E-state index in [0.29, 0.717) is 36.6 Å². The van der Waals surface area contributed by atoms with Crippen LogP contribution in [0.5, 0.6) is 0 Å². The molecule has 3 saturated carbocycles. The summed E-state index contributed by atoms with van der Waals surface area (Å²) in [6.45, 7) is 9.07. The quantitative estimate of drug-likeness (QED) is 0.132. The molecule has 4 nitrogen and oxygen atoms in total. The van der Waals surface area contributed by atoms with Gasteiger partial charge in [0.1, 0.15) is 6.79 Å². The maximum absolute atomic E-state index is 9.60. The Morgan fingerprint density at radius 2 is 1.30 bits per heavy atom. The predicted molar refractivity (Wildman–Crippen MR) is 121 cm³/mol. The van der Waals surface area contributed by atoms with Crippen molar-refractivity contribution < 1.29 is 19.6 Å². The maximum atomic E-state index is 9.60. The average molecular weight is 421 g/mol. The highest BCUT2D eigenvalue weighted by atomic mass is 17.1. The van der Waals surface area contributed by atoms with Crippen LogP contribution in [0.15, 0.2) is 25.3 Å². The fourth-order valence-electron chi connectivity index (χ4n) is 6.02. The van der Waals surface area contributed by atoms with E-state index in [4.69, 9.17) is 14.4 Å². The Bertz CT molecular complexity index is 483. The molecule has 1 atom stereocenters. The molecule has 0 aromatic carbocycles. The molecule has 3 rings (SSSR count). The lowest BCUT2D eigenvalue weighted by Crippen LogP contribution is -2.36. The van der Waals surface area contributed by atoms with Gasteiger partial charge in [0.05, 0.1) is 12.2 Å². The Balaban J connectivity index is 1.25. The van der Waals surface area contributed by atoms with Crippen LogP contribution in [0.1, 0.15) is 83.5 Å². The number of hydrogen-bond donors (Lipinski definition) is 1. The van der Waals surface area contributed by atoms with Gasteiger partial charge in [-0.05, 0) is 100 Å². The van der Waals surface area contributed by atoms with E-state index in [1.165, 1.54) is 51.4 Å². The van der Waals surface area contributed by atoms with E-state index in [1.807, 2.05) is 0 Å². The van der Waals surface area contributed by atoms with E-state index in [2.05, 4.69) is 25.3 Å². The fraction of sp³-hybridized carbons (Fsp3) is 0.846. The third-order valence-corrected chi connectivity index (χ3v) is 8.20. The molecule has 3 fully saturated rings. The van der Waals surface area contributed by atoms with Crippen LogP contribution in [0.25, 0.3) is 0 Å². The zero-order valence-electron chi connectivity index (χ0n) is 18.9. The lowest BCUT2D eigenvalue weighted by molar-refractivity contribution is -0.306. The smallest absolute Gasteiger partial charge is 0.147 e. The summed E-state index contributed by atoms with van der Waals surface area (Å²) >= 11 is 0. The van der Waals surface area contributed by atoms with E-state index in [-0.39, 0.29) is 6.10 Å². The van der Waals surface area contributed by atoms with Crippen LogP contribution in [0.4, 0.5) is 0 Å². The predicted octanol–water partition coefficient (Wildman–Crippen LogP) is 6.77. The van der Waals surface area contributed by atoms with E-state index in [9.17, 15) is 5.26 Å². The van der Waals surface area contributed by atoms with E-state index < -0.39 is 0 Å². The molecule has 0 aliphatic heterocycles. The van der Waals surface area contributed by atoms with Gasteiger partial charge in [-0.3, -0.25) is 5.26 Å². The van der Waals surface area contributed by atoms with Crippen molar-refractivity contribution in [3.05, 3.63) is 25.3 Å². The van der Waals surface area contributed by atoms with Crippen LogP contribution in [0.3, 0.4) is 0 Å². The first-order chi connectivity index (χ1) is 14.7. The van der Waals surface area contributed by atoms with Crippen LogP contribution in [-0.4, -0.2) is 30.9 Å². The van der Waals surface area contributed by atoms with E-state index in [1.54, 1.807) is 0 Å². The third-order valence-electron chi connectivity index (χ3n) is 8.20. The molecule has 30 heavy (non-hydrogen) atoms. The Labute approximate surface area is 184 Å². The van der Waals surface area contributed by atoms with Crippen molar-refractivity contribution in [2.24, 2.45) is 29.6 Å². The molecular weight excluding hydrogens is 376 g/mol. The van der Waals surface area contributed by atoms with Gasteiger partial charge in [0.25, 0.3) is 0 Å². The number of rotatable bonds is 11. The number of ether oxygens (including phenoxy) is 2. The minimum atomic E-state index is 0.0255. The minimum Gasteiger partial charge on any atom is -0.355 e. The molecule has 0 bridgehead atoms. The van der Waals surface area contributed by atoms with Gasteiger partial charge in [0.2, 0.25) is 0 Å². The molecule has 172 valence electrons. The largest absolute Gasteiger partial charge is 0.355 e. The second kappa shape index (κ2) is 13.0. The highest BCUT2D eigenvalue weighted by molar-refractivity contribution is 4.89. The van der Waals surface area contributed by atoms with Crippen molar-refractivity contribution >= 4 is 0 Å². The molecule has 0 spiro atoms. The summed E-state index contributed by atoms with van der Waals surface area (Å²) < 4.78 is 11.7. The summed E-state index contributed by atoms with van der Waals surface area (Å²) in [5, 5.41) is 9.60. The highest BCUT2D eigenvalue weighted by Gasteiger charge is 2.35. The second-order valence-electron chi connectivity index (χ2n) is 10.0. The van der Waals surface area contributed by atoms with Crippen LogP contribution in [0, 0.1) is 29.6 Å². The standard InChI is InChI=1S/C26H44O4/c1-3-20-5-11-23(12-6-20)26(30-27)24-13-7-22(8-14-24)17-18-28-19-29-25-15-9-21(4-2)10-16-25/h3-4,20-27H,1-2,5-19H2. The van der Waals surface area contributed by atoms with Gasteiger partial charge >= 0.3 is 0 Å². The third kappa shape index (κ3) is 7.19. The monoisotopic (exact) mass is 420 g/mol. The van der Waals surface area contributed by atoms with Crippen LogP contribution >= 0.6 is 0 Å². The zero-order chi connectivity index (χ0) is 21.2. The second-order valence-corrected chi connectivity index (χ2v) is 10.0. The first kappa shape index (κ1) is 24.0. The van der Waals surface area contributed by atoms with Crippen LogP contribution in [-0.2, 0) is 14.4 Å². The maximum Gasteiger partial charge on any atom is 0.147 e. The Kier molecular flexibility index (Phi) is 10.4. The molecule has 0 amide bonds. The van der Waals surface area contributed by atoms with Gasteiger partial charge in [0, 0.05) is 6.61 Å². The molecule has 0 radical (unpaired) electrons. The molecule has 1 N–H and O–H groups in total. The fourth-order valence-corrected chi connectivity index (χ4v) is 6.02. The lowest BCUT2D eigenvalue weighted by Gasteiger charge is -2.38. The molecule has 1 unspecified atom stereocenters. The Morgan fingerprint density at radius 3 is 1.83 bits per heavy atom. The minimum absolute atomic E-state index is 0.0255. The van der Waals surface area contributed by atoms with Crippen LogP contribution in [0.2, 0.25) is 0 Å². The molecule has 3 aliphatic rings. The van der Waals surface area contributed by atoms with Crippen molar-refractivity contribution in [3.63, 3.8) is 0 Å². The summed E-state index contributed by atoms with van der Waals surface area (Å²) in [4.78, 5) is 5.05. The molecular formula is C26H44O4. The Hall–Kier alpha value is -0.680. The van der Waals surface area contributed by atoms with Crippen molar-refractivity contribution in [1.29, 1.82) is 0 Å². The summed E-state index contributed by atoms with van der Waals surface area (Å²) in [6, 6.07) is 0. The van der Waals surface area contributed by atoms with Crippen molar-refractivity contribution in [3.8, 4) is 0 Å².